The predicted molar refractivity (Wildman–Crippen MR) is 573 cm³/mol. The second-order valence-electron chi connectivity index (χ2n) is 35.9. The monoisotopic (exact) mass is 1820 g/mol. The van der Waals surface area contributed by atoms with Crippen LogP contribution in [0, 0.1) is 0 Å². The summed E-state index contributed by atoms with van der Waals surface area (Å²) in [4.78, 5) is 0. The van der Waals surface area contributed by atoms with Gasteiger partial charge in [0.05, 0.1) is 193 Å². The van der Waals surface area contributed by atoms with Crippen molar-refractivity contribution in [3.8, 4) is 0 Å². The lowest BCUT2D eigenvalue weighted by Gasteiger charge is -2.38. The van der Waals surface area contributed by atoms with E-state index in [-0.39, 0.29) is 0 Å². The molecule has 0 spiro atoms. The molecule has 0 radical (unpaired) electrons. The molecule has 8 nitrogen and oxygen atoms in total. The van der Waals surface area contributed by atoms with Crippen LogP contribution in [0.5, 0.6) is 0 Å². The predicted octanol–water partition coefficient (Wildman–Crippen LogP) is 26.8. The molecule has 0 aromatic heterocycles. The van der Waals surface area contributed by atoms with E-state index in [2.05, 4.69) is 417 Å². The number of likely N-dealkylation sites (N-methyl/N-ethyl adjacent to an activating group) is 1. The molecule has 0 N–H and O–H groups in total. The van der Waals surface area contributed by atoms with Gasteiger partial charge in [0.15, 0.2) is 0 Å². The summed E-state index contributed by atoms with van der Waals surface area (Å²) >= 11 is 12.4. The summed E-state index contributed by atoms with van der Waals surface area (Å²) in [5, 5.41) is 0. The molecule has 0 saturated heterocycles. The maximum Gasteiger partial charge on any atom is 0.102 e. The number of unbranched alkanes of at least 4 members (excludes halogenated alkanes) is 2. The van der Waals surface area contributed by atoms with Gasteiger partial charge in [0.1, 0.15) is 6.54 Å². The molecule has 0 amide bonds. The Balaban J connectivity index is 0.000000726. The Morgan fingerprint density at radius 2 is 0.411 bits per heavy atom. The summed E-state index contributed by atoms with van der Waals surface area (Å²) in [6, 6.07) is 75.3. The molecule has 0 bridgehead atoms. The first-order valence-corrected chi connectivity index (χ1v) is 56.1. The summed E-state index contributed by atoms with van der Waals surface area (Å²) in [6.07, 6.45) is 13.9. The van der Waals surface area contributed by atoms with Crippen molar-refractivity contribution >= 4 is 70.6 Å². The van der Waals surface area contributed by atoms with Crippen molar-refractivity contribution in [2.75, 3.05) is 246 Å². The third-order valence-corrected chi connectivity index (χ3v) is 30.7. The van der Waals surface area contributed by atoms with Crippen molar-refractivity contribution in [1.29, 1.82) is 0 Å². The SMILES string of the molecule is CCCC[N+](CC)(CCC)CCOCCc1ccccc1.CCCC[N+](CC)(CCC)CCSCc1ccccc1.CCC[N+](CC)(CCC)CCSCc1ccccc1.CC[N+](CC)(CC)CCSCCc1ccccc1.CC[N+](CC)(CC)CCSCc1ccccc1.C[N+](C)(C)CCSCCc1ccccc1.C[N+](C)(C)CCSCc1ccccc1. The molecular formula is C110H192N7OS6+7. The number of hydrogen-bond donors (Lipinski definition) is 0. The van der Waals surface area contributed by atoms with Crippen LogP contribution in [0.15, 0.2) is 212 Å². The van der Waals surface area contributed by atoms with Crippen LogP contribution in [-0.2, 0) is 47.0 Å². The maximum atomic E-state index is 5.91. The molecule has 0 heterocycles. The highest BCUT2D eigenvalue weighted by atomic mass is 32.2. The number of rotatable bonds is 61. The Morgan fingerprint density at radius 1 is 0.194 bits per heavy atom. The highest BCUT2D eigenvalue weighted by Gasteiger charge is 2.27. The van der Waals surface area contributed by atoms with Gasteiger partial charge in [-0.25, -0.2) is 0 Å². The lowest BCUT2D eigenvalue weighted by Crippen LogP contribution is -2.51. The Bertz CT molecular complexity index is 3380. The molecule has 0 aliphatic rings. The second kappa shape index (κ2) is 75.9. The van der Waals surface area contributed by atoms with Gasteiger partial charge >= 0.3 is 0 Å². The second-order valence-corrected chi connectivity index (χ2v) is 42.8. The fourth-order valence-electron chi connectivity index (χ4n) is 15.4. The van der Waals surface area contributed by atoms with E-state index in [4.69, 9.17) is 4.74 Å². The first kappa shape index (κ1) is 118. The van der Waals surface area contributed by atoms with E-state index in [9.17, 15) is 0 Å². The van der Waals surface area contributed by atoms with Crippen molar-refractivity contribution in [1.82, 2.24) is 0 Å². The van der Waals surface area contributed by atoms with Crippen LogP contribution < -0.4 is 0 Å². The van der Waals surface area contributed by atoms with E-state index < -0.39 is 0 Å². The smallest absolute Gasteiger partial charge is 0.102 e. The molecule has 0 aliphatic heterocycles. The van der Waals surface area contributed by atoms with Gasteiger partial charge in [-0.1, -0.05) is 267 Å². The van der Waals surface area contributed by atoms with Gasteiger partial charge in [-0.3, -0.25) is 0 Å². The van der Waals surface area contributed by atoms with Crippen molar-refractivity contribution < 1.29 is 36.1 Å². The molecule has 702 valence electrons. The minimum atomic E-state index is 0.841. The average molecular weight is 1820 g/mol. The molecule has 0 aliphatic carbocycles. The number of quaternary nitrogens is 7. The van der Waals surface area contributed by atoms with Gasteiger partial charge in [-0.2, -0.15) is 70.6 Å². The molecule has 2 atom stereocenters. The number of ether oxygens (including phenoxy) is 1. The molecule has 14 heteroatoms. The fraction of sp³-hybridized carbons (Fsp3) is 0.618. The third-order valence-electron chi connectivity index (χ3n) is 24.7. The normalized spacial score (nSPS) is 12.5. The minimum Gasteiger partial charge on any atom is -0.375 e. The van der Waals surface area contributed by atoms with E-state index in [1.807, 2.05) is 11.8 Å². The van der Waals surface area contributed by atoms with E-state index in [0.29, 0.717) is 0 Å². The van der Waals surface area contributed by atoms with Crippen LogP contribution in [0.3, 0.4) is 0 Å². The lowest BCUT2D eigenvalue weighted by molar-refractivity contribution is -0.927. The van der Waals surface area contributed by atoms with Gasteiger partial charge in [0, 0.05) is 57.5 Å². The third kappa shape index (κ3) is 60.3. The van der Waals surface area contributed by atoms with E-state index in [0.717, 1.165) is 51.6 Å². The zero-order chi connectivity index (χ0) is 91.5. The average Bonchev–Trinajstić information content (AvgIpc) is 0.809. The molecule has 0 fully saturated rings. The first-order chi connectivity index (χ1) is 60.0. The van der Waals surface area contributed by atoms with Crippen molar-refractivity contribution in [2.45, 2.75) is 197 Å². The number of nitrogens with zero attached hydrogens (tertiary/aromatic N) is 7. The zero-order valence-corrected chi connectivity index (χ0v) is 88.8. The molecule has 7 aromatic rings. The quantitative estimate of drug-likeness (QED) is 0.0274. The molecule has 0 saturated carbocycles. The van der Waals surface area contributed by atoms with Gasteiger partial charge in [-0.05, 0) is 171 Å². The molecule has 7 rings (SSSR count). The maximum absolute atomic E-state index is 5.91. The highest BCUT2D eigenvalue weighted by Crippen LogP contribution is 2.22. The largest absolute Gasteiger partial charge is 0.375 e. The van der Waals surface area contributed by atoms with Crippen molar-refractivity contribution in [3.05, 3.63) is 251 Å². The van der Waals surface area contributed by atoms with Crippen molar-refractivity contribution in [2.24, 2.45) is 0 Å². The lowest BCUT2D eigenvalue weighted by atomic mass is 10.2. The summed E-state index contributed by atoms with van der Waals surface area (Å²) in [6.45, 7) is 64.9. The number of hydrogen-bond acceptors (Lipinski definition) is 7. The van der Waals surface area contributed by atoms with Gasteiger partial charge in [0.2, 0.25) is 0 Å². The van der Waals surface area contributed by atoms with Crippen LogP contribution in [-0.4, -0.2) is 277 Å². The number of aryl methyl sites for hydroxylation is 2. The number of benzene rings is 7. The standard InChI is InChI=1S/C19H34NO.C18H32NS.C17H30NS.C16H28NS.C15H26NS.C13H22NS.C12H20NS/c1-4-7-15-20(6-3,14-5-2)16-18-21-17-13-19-11-9-8-10-12-19;1-4-7-14-19(6-3,13-5-2)15-16-20-17-18-11-9-8-10-12-18;1-4-12-18(6-3,13-5-2)14-15-19-16-17-10-8-7-9-11-17;1-4-17(5-2,6-3)13-15-18-14-12-16-10-8-7-9-11-16;1-4-16(5-2,6-3)12-13-17-14-15-10-8-7-9-11-15;1-14(2,3)10-12-15-11-9-13-7-5-4-6-8-13;1-13(2,3)9-10-14-11-12-7-5-4-6-8-12/h8-12H,4-7,13-18H2,1-3H3;8-12H,4-7,13-17H2,1-3H3;7-11H,4-6,12-16H2,1-3H3;7-11H,4-6,12-15H2,1-3H3;7-11H,4-6,12-14H2,1-3H3;4-8H,9-12H2,1-3H3;4-8H,9-11H2,1-3H3/q7*+1. The minimum absolute atomic E-state index is 0.841. The van der Waals surface area contributed by atoms with E-state index in [1.165, 1.54) is 316 Å². The molecule has 7 aromatic carbocycles. The Kier molecular flexibility index (Phi) is 72.5. The summed E-state index contributed by atoms with van der Waals surface area (Å²) < 4.78 is 14.4. The van der Waals surface area contributed by atoms with Crippen LogP contribution in [0.2, 0.25) is 0 Å². The van der Waals surface area contributed by atoms with Gasteiger partial charge in [-0.15, -0.1) is 0 Å². The molecule has 2 unspecified atom stereocenters. The van der Waals surface area contributed by atoms with Crippen LogP contribution >= 0.6 is 70.6 Å². The Hall–Kier alpha value is -3.68. The Labute approximate surface area is 794 Å². The molecule has 124 heavy (non-hydrogen) atoms. The van der Waals surface area contributed by atoms with Crippen LogP contribution in [0.1, 0.15) is 194 Å². The fourth-order valence-corrected chi connectivity index (χ4v) is 22.3. The summed E-state index contributed by atoms with van der Waals surface area (Å²) in [5.74, 6) is 14.7. The zero-order valence-electron chi connectivity index (χ0n) is 83.9. The number of thioether (sulfide) groups is 6. The van der Waals surface area contributed by atoms with Crippen LogP contribution in [0.4, 0.5) is 0 Å². The highest BCUT2D eigenvalue weighted by molar-refractivity contribution is 7.99. The molecular weight excluding hydrogens is 1630 g/mol. The summed E-state index contributed by atoms with van der Waals surface area (Å²) in [5.41, 5.74) is 10.1. The Morgan fingerprint density at radius 3 is 0.661 bits per heavy atom. The first-order valence-electron chi connectivity index (χ1n) is 49.1. The van der Waals surface area contributed by atoms with E-state index >= 15 is 0 Å². The van der Waals surface area contributed by atoms with Crippen molar-refractivity contribution in [3.63, 3.8) is 0 Å². The summed E-state index contributed by atoms with van der Waals surface area (Å²) in [7, 11) is 13.5. The van der Waals surface area contributed by atoms with Gasteiger partial charge in [0.25, 0.3) is 0 Å². The topological polar surface area (TPSA) is 9.23 Å². The van der Waals surface area contributed by atoms with Gasteiger partial charge < -0.3 is 36.1 Å². The van der Waals surface area contributed by atoms with E-state index in [1.54, 1.807) is 0 Å². The van der Waals surface area contributed by atoms with Crippen LogP contribution in [0.25, 0.3) is 0 Å².